The Bertz CT molecular complexity index is 1030. The van der Waals surface area contributed by atoms with Crippen molar-refractivity contribution in [1.29, 1.82) is 0 Å². The van der Waals surface area contributed by atoms with Gasteiger partial charge in [-0.25, -0.2) is 0 Å². The van der Waals surface area contributed by atoms with Crippen LogP contribution in [0, 0.1) is 0 Å². The normalized spacial score (nSPS) is 11.8. The molecule has 0 saturated carbocycles. The maximum atomic E-state index is 4.80. The van der Waals surface area contributed by atoms with Crippen LogP contribution in [0.15, 0.2) is 132 Å². The zero-order chi connectivity index (χ0) is 19.7. The molecule has 1 nitrogen and oxygen atoms in total. The zero-order valence-corrected chi connectivity index (χ0v) is 17.0. The molecule has 4 aromatic rings. The predicted octanol–water partition coefficient (Wildman–Crippen LogP) is 6.56. The average Bonchev–Trinajstić information content (AvgIpc) is 2.80. The lowest BCUT2D eigenvalue weighted by molar-refractivity contribution is 1.54. The number of aliphatic imine (C=N–C) groups is 1. The van der Waals surface area contributed by atoms with E-state index in [0.29, 0.717) is 0 Å². The Kier molecular flexibility index (Phi) is 6.42. The molecule has 0 N–H and O–H groups in total. The second-order valence-corrected chi connectivity index (χ2v) is 8.80. The van der Waals surface area contributed by atoms with Crippen molar-refractivity contribution in [3.8, 4) is 0 Å². The molecule has 0 aliphatic carbocycles. The van der Waals surface area contributed by atoms with E-state index >= 15 is 0 Å². The second kappa shape index (κ2) is 9.78. The molecular weight excluding hydrogens is 369 g/mol. The summed E-state index contributed by atoms with van der Waals surface area (Å²) in [5, 5.41) is 3.85. The smallest absolute Gasteiger partial charge is 0.0629 e. The molecule has 140 valence electrons. The summed E-state index contributed by atoms with van der Waals surface area (Å²) >= 11 is 0. The van der Waals surface area contributed by atoms with Crippen molar-refractivity contribution >= 4 is 36.5 Å². The highest BCUT2D eigenvalue weighted by atomic mass is 31.1. The molecule has 0 spiro atoms. The Balaban J connectivity index is 1.84. The van der Waals surface area contributed by atoms with Crippen LogP contribution in [-0.4, -0.2) is 6.21 Å². The number of rotatable bonds is 6. The molecule has 0 saturated heterocycles. The molecule has 0 atom stereocenters. The van der Waals surface area contributed by atoms with Gasteiger partial charge < -0.3 is 0 Å². The minimum Gasteiger partial charge on any atom is -0.256 e. The van der Waals surface area contributed by atoms with Crippen LogP contribution >= 0.6 is 7.92 Å². The van der Waals surface area contributed by atoms with Gasteiger partial charge in [-0.05, 0) is 42.3 Å². The topological polar surface area (TPSA) is 12.4 Å². The first-order valence-corrected chi connectivity index (χ1v) is 11.0. The van der Waals surface area contributed by atoms with Crippen LogP contribution < -0.4 is 10.6 Å². The Morgan fingerprint density at radius 3 is 1.52 bits per heavy atom. The van der Waals surface area contributed by atoms with Gasteiger partial charge in [0, 0.05) is 11.5 Å². The van der Waals surface area contributed by atoms with Crippen molar-refractivity contribution in [3.63, 3.8) is 0 Å². The highest BCUT2D eigenvalue weighted by molar-refractivity contribution is 7.77. The Hall–Kier alpha value is -3.28. The Labute approximate surface area is 173 Å². The minimum absolute atomic E-state index is 0.722. The van der Waals surface area contributed by atoms with Gasteiger partial charge in [-0.15, -0.1) is 0 Å². The number of para-hydroxylation sites is 1. The van der Waals surface area contributed by atoms with E-state index in [1.807, 2.05) is 42.6 Å². The molecule has 0 amide bonds. The van der Waals surface area contributed by atoms with E-state index in [1.165, 1.54) is 21.5 Å². The van der Waals surface area contributed by atoms with Crippen LogP contribution in [0.5, 0.6) is 0 Å². The number of allylic oxidation sites excluding steroid dienone is 1. The summed E-state index contributed by atoms with van der Waals surface area (Å²) in [6, 6.07) is 42.0. The largest absolute Gasteiger partial charge is 0.256 e. The van der Waals surface area contributed by atoms with Gasteiger partial charge in [0.25, 0.3) is 0 Å². The molecule has 0 aliphatic heterocycles. The van der Waals surface area contributed by atoms with Crippen LogP contribution in [0.3, 0.4) is 0 Å². The first-order valence-electron chi connectivity index (χ1n) is 9.66. The monoisotopic (exact) mass is 391 g/mol. The summed E-state index contributed by atoms with van der Waals surface area (Å²) in [6.07, 6.45) is 4.30. The van der Waals surface area contributed by atoms with Gasteiger partial charge in [-0.3, -0.25) is 4.99 Å². The fourth-order valence-corrected chi connectivity index (χ4v) is 5.42. The lowest BCUT2D eigenvalue weighted by Gasteiger charge is -2.20. The third-order valence-electron chi connectivity index (χ3n) is 4.50. The van der Waals surface area contributed by atoms with Crippen molar-refractivity contribution in [2.45, 2.75) is 0 Å². The van der Waals surface area contributed by atoms with E-state index in [2.05, 4.69) is 91.0 Å². The Morgan fingerprint density at radius 2 is 1.00 bits per heavy atom. The molecule has 0 aromatic heterocycles. The number of hydrogen-bond acceptors (Lipinski definition) is 1. The molecule has 4 aromatic carbocycles. The molecule has 29 heavy (non-hydrogen) atoms. The molecule has 0 radical (unpaired) electrons. The molecular formula is C27H22NP. The maximum Gasteiger partial charge on any atom is 0.0629 e. The first kappa shape index (κ1) is 19.1. The third kappa shape index (κ3) is 5.16. The quantitative estimate of drug-likeness (QED) is 0.261. The van der Waals surface area contributed by atoms with Gasteiger partial charge in [-0.1, -0.05) is 109 Å². The van der Waals surface area contributed by atoms with Crippen molar-refractivity contribution < 1.29 is 0 Å². The summed E-state index contributed by atoms with van der Waals surface area (Å²) in [4.78, 5) is 4.80. The zero-order valence-electron chi connectivity index (χ0n) is 16.1. The van der Waals surface area contributed by atoms with E-state index in [4.69, 9.17) is 4.99 Å². The van der Waals surface area contributed by atoms with Crippen molar-refractivity contribution in [1.82, 2.24) is 0 Å². The molecule has 0 unspecified atom stereocenters. The Morgan fingerprint density at radius 1 is 0.552 bits per heavy atom. The molecule has 4 rings (SSSR count). The van der Waals surface area contributed by atoms with Crippen LogP contribution in [0.4, 0.5) is 5.69 Å². The molecule has 2 heteroatoms. The van der Waals surface area contributed by atoms with E-state index < -0.39 is 7.92 Å². The van der Waals surface area contributed by atoms with Gasteiger partial charge in [0.2, 0.25) is 0 Å². The summed E-state index contributed by atoms with van der Waals surface area (Å²) in [6.45, 7) is 0. The lowest BCUT2D eigenvalue weighted by Crippen LogP contribution is -2.13. The summed E-state index contributed by atoms with van der Waals surface area (Å²) < 4.78 is 0. The summed E-state index contributed by atoms with van der Waals surface area (Å²) in [7, 11) is -0.722. The third-order valence-corrected chi connectivity index (χ3v) is 6.89. The molecule has 0 heterocycles. The molecule has 0 bridgehead atoms. The predicted molar refractivity (Wildman–Crippen MR) is 128 cm³/mol. The fraction of sp³-hybridized carbons (Fsp3) is 0. The summed E-state index contributed by atoms with van der Waals surface area (Å²) in [5.41, 5.74) is 2.14. The van der Waals surface area contributed by atoms with Crippen molar-refractivity contribution in [3.05, 3.63) is 132 Å². The maximum absolute atomic E-state index is 4.80. The van der Waals surface area contributed by atoms with Crippen LogP contribution in [0.25, 0.3) is 6.08 Å². The summed E-state index contributed by atoms with van der Waals surface area (Å²) in [5.74, 6) is 0. The van der Waals surface area contributed by atoms with Gasteiger partial charge >= 0.3 is 0 Å². The van der Waals surface area contributed by atoms with E-state index in [1.54, 1.807) is 0 Å². The number of nitrogens with zero attached hydrogens (tertiary/aromatic N) is 1. The van der Waals surface area contributed by atoms with Gasteiger partial charge in [-0.2, -0.15) is 0 Å². The van der Waals surface area contributed by atoms with E-state index in [9.17, 15) is 0 Å². The van der Waals surface area contributed by atoms with Crippen LogP contribution in [0.2, 0.25) is 0 Å². The average molecular weight is 391 g/mol. The molecule has 0 aliphatic rings. The fourth-order valence-electron chi connectivity index (χ4n) is 3.14. The van der Waals surface area contributed by atoms with Crippen LogP contribution in [-0.2, 0) is 0 Å². The van der Waals surface area contributed by atoms with Crippen molar-refractivity contribution in [2.24, 2.45) is 4.99 Å². The first-order chi connectivity index (χ1) is 14.4. The van der Waals surface area contributed by atoms with Crippen LogP contribution in [0.1, 0.15) is 5.56 Å². The van der Waals surface area contributed by atoms with E-state index in [0.717, 1.165) is 5.69 Å². The van der Waals surface area contributed by atoms with Gasteiger partial charge in [0.05, 0.1) is 5.69 Å². The van der Waals surface area contributed by atoms with Gasteiger partial charge in [0.1, 0.15) is 0 Å². The number of benzene rings is 4. The molecule has 0 fully saturated rings. The minimum atomic E-state index is -0.722. The van der Waals surface area contributed by atoms with Crippen molar-refractivity contribution in [2.75, 3.05) is 0 Å². The number of hydrogen-bond donors (Lipinski definition) is 0. The highest BCUT2D eigenvalue weighted by Crippen LogP contribution is 2.43. The second-order valence-electron chi connectivity index (χ2n) is 6.58. The van der Waals surface area contributed by atoms with Gasteiger partial charge in [0.15, 0.2) is 0 Å². The lowest BCUT2D eigenvalue weighted by atomic mass is 10.2. The van der Waals surface area contributed by atoms with E-state index in [-0.39, 0.29) is 0 Å². The highest BCUT2D eigenvalue weighted by Gasteiger charge is 2.17. The standard InChI is InChI=1S/C27H22NP/c1-5-13-23(14-6-1)21-27(22-28-24-15-7-2-8-16-24)29(25-17-9-3-10-18-25)26-19-11-4-12-20-26/h1-22H/b27-21+,28-22?. The SMILES string of the molecule is C(=Nc1ccccc1)/C(=C\c1ccccc1)P(c1ccccc1)c1ccccc1.